The average molecular weight is 435 g/mol. The van der Waals surface area contributed by atoms with Crippen molar-refractivity contribution in [3.8, 4) is 5.88 Å². The fraction of sp³-hybridized carbons (Fsp3) is 0.478. The molecule has 2 aliphatic carbocycles. The minimum absolute atomic E-state index is 0.0439. The predicted octanol–water partition coefficient (Wildman–Crippen LogP) is 2.70. The summed E-state index contributed by atoms with van der Waals surface area (Å²) in [5.41, 5.74) is 1.19. The third-order valence-corrected chi connectivity index (χ3v) is 6.54. The molecule has 7 rings (SSSR count). The molecule has 0 radical (unpaired) electrons. The highest BCUT2D eigenvalue weighted by atomic mass is 16.5. The summed E-state index contributed by atoms with van der Waals surface area (Å²) >= 11 is 0. The quantitative estimate of drug-likeness (QED) is 0.639. The Hall–Kier alpha value is -3.20. The van der Waals surface area contributed by atoms with Gasteiger partial charge in [-0.1, -0.05) is 0 Å². The fourth-order valence-corrected chi connectivity index (χ4v) is 4.67. The molecule has 4 fully saturated rings. The Kier molecular flexibility index (Phi) is 4.20. The van der Waals surface area contributed by atoms with E-state index in [1.807, 2.05) is 20.0 Å². The molecule has 2 bridgehead atoms. The van der Waals surface area contributed by atoms with E-state index in [0.717, 1.165) is 31.4 Å². The summed E-state index contributed by atoms with van der Waals surface area (Å²) in [5, 5.41) is 2.76. The molecule has 0 unspecified atom stereocenters. The van der Waals surface area contributed by atoms with Crippen LogP contribution >= 0.6 is 0 Å². The van der Waals surface area contributed by atoms with Crippen LogP contribution in [0.25, 0.3) is 5.78 Å². The van der Waals surface area contributed by atoms with Gasteiger partial charge in [-0.3, -0.25) is 14.0 Å². The average Bonchev–Trinajstić information content (AvgIpc) is 3.16. The van der Waals surface area contributed by atoms with E-state index in [1.54, 1.807) is 33.5 Å². The number of nitrogens with one attached hydrogen (secondary N) is 1. The Balaban J connectivity index is 1.36. The zero-order valence-corrected chi connectivity index (χ0v) is 18.1. The maximum atomic E-state index is 13.2. The third kappa shape index (κ3) is 3.10. The molecule has 166 valence electrons. The number of carbonyl (C=O) groups excluding carboxylic acids is 1. The molecule has 0 spiro atoms. The number of imidazole rings is 1. The van der Waals surface area contributed by atoms with Gasteiger partial charge in [-0.05, 0) is 51.7 Å². The topological polar surface area (TPSA) is 99.8 Å². The van der Waals surface area contributed by atoms with Crippen molar-refractivity contribution in [3.05, 3.63) is 52.3 Å². The summed E-state index contributed by atoms with van der Waals surface area (Å²) < 4.78 is 15.0. The molecule has 3 aromatic heterocycles. The molecule has 0 aromatic carbocycles. The number of hydrogen-bond donors (Lipinski definition) is 1. The van der Waals surface area contributed by atoms with E-state index in [4.69, 9.17) is 14.5 Å². The molecular weight excluding hydrogens is 410 g/mol. The number of pyridine rings is 1. The Morgan fingerprint density at radius 1 is 1.28 bits per heavy atom. The van der Waals surface area contributed by atoms with E-state index in [-0.39, 0.29) is 40.3 Å². The third-order valence-electron chi connectivity index (χ3n) is 6.54. The molecule has 2 saturated heterocycles. The number of hydrogen-bond acceptors (Lipinski definition) is 6. The molecule has 2 aliphatic heterocycles. The van der Waals surface area contributed by atoms with Crippen LogP contribution < -0.4 is 15.6 Å². The van der Waals surface area contributed by atoms with E-state index in [9.17, 15) is 9.59 Å². The molecule has 2 saturated carbocycles. The van der Waals surface area contributed by atoms with Crippen LogP contribution in [-0.4, -0.2) is 43.7 Å². The summed E-state index contributed by atoms with van der Waals surface area (Å²) in [6.45, 7) is 4.42. The number of fused-ring (bicyclic) bond motifs is 2. The SMILES string of the molecule is CC(C)Oc1nc2nc(C34COC(C3)C4)cn2cc1C(=O)Nc1cccn(C2CC2)c1=O. The number of amides is 1. The maximum Gasteiger partial charge on any atom is 0.274 e. The van der Waals surface area contributed by atoms with Gasteiger partial charge in [0, 0.05) is 30.0 Å². The largest absolute Gasteiger partial charge is 0.474 e. The predicted molar refractivity (Wildman–Crippen MR) is 116 cm³/mol. The Labute approximate surface area is 184 Å². The lowest BCUT2D eigenvalue weighted by atomic mass is 9.68. The molecule has 9 nitrogen and oxygen atoms in total. The second kappa shape index (κ2) is 6.90. The second-order valence-electron chi connectivity index (χ2n) is 9.40. The number of carbonyl (C=O) groups is 1. The van der Waals surface area contributed by atoms with Gasteiger partial charge in [0.15, 0.2) is 0 Å². The Morgan fingerprint density at radius 2 is 2.09 bits per heavy atom. The standard InChI is InChI=1S/C23H25N5O4/c1-13(2)32-20-16(19(29)24-17-4-3-7-28(21(17)30)14-5-6-14)10-27-11-18(25-22(27)26-20)23-8-15(9-23)31-12-23/h3-4,7,10-11,13-15H,5-6,8-9,12H2,1-2H3,(H,24,29). The van der Waals surface area contributed by atoms with Crippen LogP contribution in [-0.2, 0) is 10.2 Å². The van der Waals surface area contributed by atoms with Crippen LogP contribution in [0.5, 0.6) is 5.88 Å². The van der Waals surface area contributed by atoms with E-state index in [2.05, 4.69) is 10.3 Å². The van der Waals surface area contributed by atoms with Gasteiger partial charge in [0.05, 0.1) is 24.5 Å². The first-order chi connectivity index (χ1) is 15.4. The molecular formula is C23H25N5O4. The van der Waals surface area contributed by atoms with Gasteiger partial charge >= 0.3 is 0 Å². The Bertz CT molecular complexity index is 1280. The van der Waals surface area contributed by atoms with E-state index < -0.39 is 5.91 Å². The summed E-state index contributed by atoms with van der Waals surface area (Å²) in [6, 6.07) is 3.63. The zero-order chi connectivity index (χ0) is 22.0. The highest BCUT2D eigenvalue weighted by molar-refractivity contribution is 6.05. The van der Waals surface area contributed by atoms with E-state index >= 15 is 0 Å². The van der Waals surface area contributed by atoms with Crippen molar-refractivity contribution in [1.29, 1.82) is 0 Å². The lowest BCUT2D eigenvalue weighted by Crippen LogP contribution is -2.37. The first kappa shape index (κ1) is 19.5. The summed E-state index contributed by atoms with van der Waals surface area (Å²) in [4.78, 5) is 35.2. The van der Waals surface area contributed by atoms with Crippen molar-refractivity contribution in [3.63, 3.8) is 0 Å². The van der Waals surface area contributed by atoms with Crippen molar-refractivity contribution in [1.82, 2.24) is 18.9 Å². The van der Waals surface area contributed by atoms with Crippen molar-refractivity contribution in [2.45, 2.75) is 63.2 Å². The van der Waals surface area contributed by atoms with Gasteiger partial charge in [0.1, 0.15) is 11.3 Å². The van der Waals surface area contributed by atoms with Crippen LogP contribution in [0.4, 0.5) is 5.69 Å². The van der Waals surface area contributed by atoms with Gasteiger partial charge in [-0.25, -0.2) is 4.98 Å². The minimum atomic E-state index is -0.443. The van der Waals surface area contributed by atoms with Crippen molar-refractivity contribution >= 4 is 17.4 Å². The first-order valence-corrected chi connectivity index (χ1v) is 11.1. The highest BCUT2D eigenvalue weighted by Gasteiger charge is 2.54. The molecule has 32 heavy (non-hydrogen) atoms. The van der Waals surface area contributed by atoms with Gasteiger partial charge < -0.3 is 19.4 Å². The van der Waals surface area contributed by atoms with Crippen molar-refractivity contribution < 1.29 is 14.3 Å². The van der Waals surface area contributed by atoms with Gasteiger partial charge in [-0.2, -0.15) is 4.98 Å². The van der Waals surface area contributed by atoms with E-state index in [1.165, 1.54) is 0 Å². The second-order valence-corrected chi connectivity index (χ2v) is 9.40. The first-order valence-electron chi connectivity index (χ1n) is 11.1. The lowest BCUT2D eigenvalue weighted by molar-refractivity contribution is 0.101. The monoisotopic (exact) mass is 435 g/mol. The van der Waals surface area contributed by atoms with Crippen LogP contribution in [0.1, 0.15) is 61.6 Å². The molecule has 1 amide bonds. The van der Waals surface area contributed by atoms with Gasteiger partial charge in [0.2, 0.25) is 11.7 Å². The number of anilines is 1. The number of rotatable bonds is 6. The van der Waals surface area contributed by atoms with Crippen LogP contribution in [0.2, 0.25) is 0 Å². The molecule has 9 heteroatoms. The van der Waals surface area contributed by atoms with Crippen molar-refractivity contribution in [2.24, 2.45) is 0 Å². The molecule has 5 heterocycles. The van der Waals surface area contributed by atoms with E-state index in [0.29, 0.717) is 18.5 Å². The molecule has 4 aliphatic rings. The van der Waals surface area contributed by atoms with Crippen molar-refractivity contribution in [2.75, 3.05) is 11.9 Å². The summed E-state index contributed by atoms with van der Waals surface area (Å²) in [5.74, 6) is 0.238. The number of aromatic nitrogens is 4. The lowest BCUT2D eigenvalue weighted by Gasteiger charge is -2.33. The molecule has 0 atom stereocenters. The normalized spacial score (nSPS) is 24.0. The fourth-order valence-electron chi connectivity index (χ4n) is 4.67. The summed E-state index contributed by atoms with van der Waals surface area (Å²) in [6.07, 6.45) is 9.44. The summed E-state index contributed by atoms with van der Waals surface area (Å²) in [7, 11) is 0. The molecule has 3 aromatic rings. The van der Waals surface area contributed by atoms with Crippen LogP contribution in [0.3, 0.4) is 0 Å². The Morgan fingerprint density at radius 3 is 2.78 bits per heavy atom. The zero-order valence-electron chi connectivity index (χ0n) is 18.1. The highest BCUT2D eigenvalue weighted by Crippen LogP contribution is 2.51. The van der Waals surface area contributed by atoms with Gasteiger partial charge in [-0.15, -0.1) is 0 Å². The maximum absolute atomic E-state index is 13.2. The molecule has 1 N–H and O–H groups in total. The van der Waals surface area contributed by atoms with Crippen LogP contribution in [0.15, 0.2) is 35.5 Å². The van der Waals surface area contributed by atoms with Crippen LogP contribution in [0, 0.1) is 0 Å². The number of nitrogens with zero attached hydrogens (tertiary/aromatic N) is 4. The number of ether oxygens (including phenoxy) is 2. The minimum Gasteiger partial charge on any atom is -0.474 e. The van der Waals surface area contributed by atoms with Gasteiger partial charge in [0.25, 0.3) is 11.5 Å². The smallest absolute Gasteiger partial charge is 0.274 e.